The van der Waals surface area contributed by atoms with Crippen molar-refractivity contribution in [2.45, 2.75) is 13.8 Å². The number of nitrogens with zero attached hydrogens (tertiary/aromatic N) is 1. The van der Waals surface area contributed by atoms with Gasteiger partial charge in [-0.2, -0.15) is 5.10 Å². The van der Waals surface area contributed by atoms with Crippen molar-refractivity contribution in [2.24, 2.45) is 5.10 Å². The lowest BCUT2D eigenvalue weighted by Gasteiger charge is -2.00. The maximum atomic E-state index is 4.33. The molecule has 100 valence electrons. The Labute approximate surface area is 118 Å². The zero-order valence-corrected chi connectivity index (χ0v) is 11.6. The van der Waals surface area contributed by atoms with E-state index in [1.807, 2.05) is 30.5 Å². The minimum absolute atomic E-state index is 0.990. The summed E-state index contributed by atoms with van der Waals surface area (Å²) < 4.78 is 0. The third kappa shape index (κ3) is 2.43. The van der Waals surface area contributed by atoms with Crippen LogP contribution in [0.5, 0.6) is 0 Å². The number of hydrazone groups is 1. The van der Waals surface area contributed by atoms with Gasteiger partial charge in [0.15, 0.2) is 0 Å². The maximum Gasteiger partial charge on any atom is 0.0568 e. The van der Waals surface area contributed by atoms with Crippen molar-refractivity contribution in [1.82, 2.24) is 4.98 Å². The highest BCUT2D eigenvalue weighted by molar-refractivity contribution is 6.00. The lowest BCUT2D eigenvalue weighted by Crippen LogP contribution is -1.91. The molecule has 1 heterocycles. The Hall–Kier alpha value is -2.55. The van der Waals surface area contributed by atoms with E-state index in [9.17, 15) is 0 Å². The molecule has 0 unspecified atom stereocenters. The molecule has 3 aromatic rings. The number of anilines is 1. The number of para-hydroxylation sites is 1. The average Bonchev–Trinajstić information content (AvgIpc) is 2.77. The molecule has 3 rings (SSSR count). The number of nitrogens with one attached hydrogen (secondary N) is 2. The van der Waals surface area contributed by atoms with Crippen molar-refractivity contribution in [3.8, 4) is 0 Å². The summed E-state index contributed by atoms with van der Waals surface area (Å²) in [7, 11) is 0. The Balaban J connectivity index is 1.84. The molecule has 0 radical (unpaired) electrons. The largest absolute Gasteiger partial charge is 0.358 e. The Morgan fingerprint density at radius 2 is 1.75 bits per heavy atom. The molecule has 0 bridgehead atoms. The molecule has 20 heavy (non-hydrogen) atoms. The lowest BCUT2D eigenvalue weighted by atomic mass is 10.1. The summed E-state index contributed by atoms with van der Waals surface area (Å²) in [5.74, 6) is 0. The molecular formula is C17H17N3. The van der Waals surface area contributed by atoms with E-state index in [2.05, 4.69) is 53.6 Å². The van der Waals surface area contributed by atoms with E-state index < -0.39 is 0 Å². The van der Waals surface area contributed by atoms with Gasteiger partial charge in [-0.25, -0.2) is 0 Å². The predicted molar refractivity (Wildman–Crippen MR) is 85.4 cm³/mol. The lowest BCUT2D eigenvalue weighted by molar-refractivity contribution is 1.28. The van der Waals surface area contributed by atoms with E-state index in [4.69, 9.17) is 0 Å². The second-order valence-electron chi connectivity index (χ2n) is 4.95. The first kappa shape index (κ1) is 12.5. The Morgan fingerprint density at radius 3 is 2.55 bits per heavy atom. The summed E-state index contributed by atoms with van der Waals surface area (Å²) in [6.45, 7) is 4.13. The number of aromatic nitrogens is 1. The van der Waals surface area contributed by atoms with Crippen LogP contribution >= 0.6 is 0 Å². The van der Waals surface area contributed by atoms with Gasteiger partial charge in [-0.1, -0.05) is 35.9 Å². The number of benzene rings is 2. The van der Waals surface area contributed by atoms with Crippen LogP contribution in [0.4, 0.5) is 5.69 Å². The summed E-state index contributed by atoms with van der Waals surface area (Å²) >= 11 is 0. The molecule has 0 saturated heterocycles. The smallest absolute Gasteiger partial charge is 0.0568 e. The molecule has 1 aromatic heterocycles. The predicted octanol–water partition coefficient (Wildman–Crippen LogP) is 4.23. The van der Waals surface area contributed by atoms with E-state index >= 15 is 0 Å². The van der Waals surface area contributed by atoms with Crippen molar-refractivity contribution in [2.75, 3.05) is 5.43 Å². The average molecular weight is 263 g/mol. The molecule has 2 N–H and O–H groups in total. The van der Waals surface area contributed by atoms with Gasteiger partial charge in [-0.3, -0.25) is 5.43 Å². The molecule has 2 aromatic carbocycles. The molecule has 0 fully saturated rings. The van der Waals surface area contributed by atoms with E-state index in [0.29, 0.717) is 0 Å². The van der Waals surface area contributed by atoms with Crippen molar-refractivity contribution >= 4 is 22.8 Å². The molecule has 0 aliphatic rings. The fourth-order valence-electron chi connectivity index (χ4n) is 2.26. The number of rotatable bonds is 3. The van der Waals surface area contributed by atoms with Crippen LogP contribution in [-0.2, 0) is 0 Å². The van der Waals surface area contributed by atoms with Gasteiger partial charge in [0.2, 0.25) is 0 Å². The van der Waals surface area contributed by atoms with Gasteiger partial charge in [-0.15, -0.1) is 0 Å². The Bertz CT molecular complexity index is 752. The highest BCUT2D eigenvalue weighted by atomic mass is 15.3. The Kier molecular flexibility index (Phi) is 3.25. The molecule has 0 aliphatic heterocycles. The fourth-order valence-corrected chi connectivity index (χ4v) is 2.26. The van der Waals surface area contributed by atoms with E-state index in [0.717, 1.165) is 22.5 Å². The standard InChI is InChI=1S/C17H17N3/c1-12-7-9-14(10-8-12)20-18-11-16-13(2)19-17-6-4-3-5-15(16)17/h3-11,19-20H,1-2H3. The minimum atomic E-state index is 0.990. The third-order valence-electron chi connectivity index (χ3n) is 3.38. The molecule has 0 atom stereocenters. The fraction of sp³-hybridized carbons (Fsp3) is 0.118. The normalized spacial score (nSPS) is 11.3. The Morgan fingerprint density at radius 1 is 1.00 bits per heavy atom. The minimum Gasteiger partial charge on any atom is -0.358 e. The zero-order valence-electron chi connectivity index (χ0n) is 11.6. The number of fused-ring (bicyclic) bond motifs is 1. The van der Waals surface area contributed by atoms with Crippen molar-refractivity contribution in [3.05, 3.63) is 65.4 Å². The monoisotopic (exact) mass is 263 g/mol. The summed E-state index contributed by atoms with van der Waals surface area (Å²) in [5.41, 5.74) is 8.68. The zero-order chi connectivity index (χ0) is 13.9. The maximum absolute atomic E-state index is 4.33. The first-order valence-corrected chi connectivity index (χ1v) is 6.67. The summed E-state index contributed by atoms with van der Waals surface area (Å²) in [6.07, 6.45) is 1.87. The molecule has 0 amide bonds. The quantitative estimate of drug-likeness (QED) is 0.538. The summed E-state index contributed by atoms with van der Waals surface area (Å²) in [6, 6.07) is 16.4. The van der Waals surface area contributed by atoms with E-state index in [-0.39, 0.29) is 0 Å². The van der Waals surface area contributed by atoms with Gasteiger partial charge >= 0.3 is 0 Å². The van der Waals surface area contributed by atoms with Crippen LogP contribution in [0.15, 0.2) is 53.6 Å². The summed E-state index contributed by atoms with van der Waals surface area (Å²) in [5, 5.41) is 5.52. The van der Waals surface area contributed by atoms with Crippen molar-refractivity contribution < 1.29 is 0 Å². The number of aryl methyl sites for hydroxylation is 2. The molecule has 0 spiro atoms. The highest BCUT2D eigenvalue weighted by Gasteiger charge is 2.04. The van der Waals surface area contributed by atoms with Crippen molar-refractivity contribution in [3.63, 3.8) is 0 Å². The van der Waals surface area contributed by atoms with Crippen molar-refractivity contribution in [1.29, 1.82) is 0 Å². The van der Waals surface area contributed by atoms with Gasteiger partial charge in [0.05, 0.1) is 11.9 Å². The van der Waals surface area contributed by atoms with Gasteiger partial charge in [0.25, 0.3) is 0 Å². The second kappa shape index (κ2) is 5.21. The topological polar surface area (TPSA) is 40.2 Å². The molecule has 3 nitrogen and oxygen atoms in total. The molecule has 0 saturated carbocycles. The number of H-pyrrole nitrogens is 1. The molecular weight excluding hydrogens is 246 g/mol. The number of aromatic amines is 1. The van der Waals surface area contributed by atoms with E-state index in [1.165, 1.54) is 10.9 Å². The van der Waals surface area contributed by atoms with Crippen LogP contribution in [0, 0.1) is 13.8 Å². The van der Waals surface area contributed by atoms with Crippen LogP contribution in [-0.4, -0.2) is 11.2 Å². The van der Waals surface area contributed by atoms with Gasteiger partial charge in [-0.05, 0) is 32.0 Å². The summed E-state index contributed by atoms with van der Waals surface area (Å²) in [4.78, 5) is 3.36. The van der Waals surface area contributed by atoms with Gasteiger partial charge < -0.3 is 4.98 Å². The SMILES string of the molecule is Cc1ccc(NN=Cc2c(C)[nH]c3ccccc23)cc1. The van der Waals surface area contributed by atoms with Crippen LogP contribution in [0.25, 0.3) is 10.9 Å². The van der Waals surface area contributed by atoms with Crippen LogP contribution in [0.2, 0.25) is 0 Å². The van der Waals surface area contributed by atoms with Crippen LogP contribution < -0.4 is 5.43 Å². The van der Waals surface area contributed by atoms with Crippen LogP contribution in [0.1, 0.15) is 16.8 Å². The molecule has 0 aliphatic carbocycles. The van der Waals surface area contributed by atoms with E-state index in [1.54, 1.807) is 0 Å². The molecule has 3 heteroatoms. The van der Waals surface area contributed by atoms with Gasteiger partial charge in [0.1, 0.15) is 0 Å². The third-order valence-corrected chi connectivity index (χ3v) is 3.38. The number of hydrogen-bond acceptors (Lipinski definition) is 2. The number of hydrogen-bond donors (Lipinski definition) is 2. The first-order valence-electron chi connectivity index (χ1n) is 6.67. The van der Waals surface area contributed by atoms with Gasteiger partial charge in [0, 0.05) is 22.2 Å². The second-order valence-corrected chi connectivity index (χ2v) is 4.95. The first-order chi connectivity index (χ1) is 9.74. The van der Waals surface area contributed by atoms with Crippen LogP contribution in [0.3, 0.4) is 0 Å². The highest BCUT2D eigenvalue weighted by Crippen LogP contribution is 2.20.